The van der Waals surface area contributed by atoms with Gasteiger partial charge in [-0.2, -0.15) is 5.10 Å². The summed E-state index contributed by atoms with van der Waals surface area (Å²) in [6.07, 6.45) is 3.77. The number of nitrogens with one attached hydrogen (secondary N) is 3. The predicted octanol–water partition coefficient (Wildman–Crippen LogP) is 3.79. The molecule has 1 saturated heterocycles. The van der Waals surface area contributed by atoms with Crippen LogP contribution < -0.4 is 16.0 Å². The molecule has 0 bridgehead atoms. The Morgan fingerprint density at radius 1 is 1.19 bits per heavy atom. The van der Waals surface area contributed by atoms with Gasteiger partial charge in [0, 0.05) is 30.7 Å². The van der Waals surface area contributed by atoms with Crippen molar-refractivity contribution in [3.8, 4) is 0 Å². The maximum Gasteiger partial charge on any atom is 0.256 e. The van der Waals surface area contributed by atoms with E-state index in [1.807, 2.05) is 26.8 Å². The van der Waals surface area contributed by atoms with Gasteiger partial charge in [-0.05, 0) is 24.6 Å². The second kappa shape index (κ2) is 9.69. The van der Waals surface area contributed by atoms with Gasteiger partial charge in [0.05, 0.1) is 30.2 Å². The molecule has 1 aliphatic rings. The zero-order chi connectivity index (χ0) is 26.2. The van der Waals surface area contributed by atoms with Crippen LogP contribution in [-0.4, -0.2) is 54.9 Å². The summed E-state index contributed by atoms with van der Waals surface area (Å²) >= 11 is 0. The van der Waals surface area contributed by atoms with E-state index >= 15 is 0 Å². The summed E-state index contributed by atoms with van der Waals surface area (Å²) in [7, 11) is 1.76. The number of hydrogen-bond acceptors (Lipinski definition) is 9. The standard InChI is InChI=1S/C25H28FN9O2/c1-25(2,3)19-10-20(35(4)34-19)32-23(36)14-5-6-16(26)17(9-14)31-22-21-18(28-13-29-22)11-27-24(33-21)30-15-7-8-37-12-15/h5-6,9-11,13,15H,7-8,12H2,1-4H3,(H,32,36)(H,27,30,33)(H,28,29,31). The van der Waals surface area contributed by atoms with E-state index in [-0.39, 0.29) is 28.5 Å². The quantitative estimate of drug-likeness (QED) is 0.358. The first kappa shape index (κ1) is 24.5. The summed E-state index contributed by atoms with van der Waals surface area (Å²) in [5.74, 6) is 0.289. The van der Waals surface area contributed by atoms with Crippen LogP contribution >= 0.6 is 0 Å². The molecule has 0 aliphatic carbocycles. The highest BCUT2D eigenvalue weighted by atomic mass is 19.1. The monoisotopic (exact) mass is 505 g/mol. The van der Waals surface area contributed by atoms with Crippen LogP contribution in [0.2, 0.25) is 0 Å². The summed E-state index contributed by atoms with van der Waals surface area (Å²) in [5, 5.41) is 13.5. The third kappa shape index (κ3) is 5.33. The minimum absolute atomic E-state index is 0.0744. The van der Waals surface area contributed by atoms with Gasteiger partial charge < -0.3 is 20.7 Å². The van der Waals surface area contributed by atoms with Crippen molar-refractivity contribution in [2.75, 3.05) is 29.2 Å². The summed E-state index contributed by atoms with van der Waals surface area (Å²) in [4.78, 5) is 30.3. The van der Waals surface area contributed by atoms with Crippen LogP contribution in [0.25, 0.3) is 11.0 Å². The first-order valence-corrected chi connectivity index (χ1v) is 11.9. The maximum absolute atomic E-state index is 14.8. The maximum atomic E-state index is 14.8. The molecule has 37 heavy (non-hydrogen) atoms. The fourth-order valence-corrected chi connectivity index (χ4v) is 3.88. The first-order chi connectivity index (χ1) is 17.7. The van der Waals surface area contributed by atoms with Crippen LogP contribution in [-0.2, 0) is 17.2 Å². The van der Waals surface area contributed by atoms with E-state index in [1.54, 1.807) is 17.9 Å². The molecule has 3 aromatic heterocycles. The number of carbonyl (C=O) groups is 1. The van der Waals surface area contributed by atoms with E-state index < -0.39 is 11.7 Å². The number of carbonyl (C=O) groups excluding carboxylic acids is 1. The van der Waals surface area contributed by atoms with Gasteiger partial charge in [0.15, 0.2) is 5.82 Å². The molecular weight excluding hydrogens is 477 g/mol. The molecular formula is C25H28FN9O2. The van der Waals surface area contributed by atoms with Crippen molar-refractivity contribution in [3.05, 3.63) is 53.9 Å². The highest BCUT2D eigenvalue weighted by Crippen LogP contribution is 2.27. The van der Waals surface area contributed by atoms with E-state index in [1.165, 1.54) is 24.5 Å². The summed E-state index contributed by atoms with van der Waals surface area (Å²) in [6.45, 7) is 7.39. The van der Waals surface area contributed by atoms with Gasteiger partial charge in [-0.15, -0.1) is 0 Å². The van der Waals surface area contributed by atoms with E-state index in [9.17, 15) is 9.18 Å². The van der Waals surface area contributed by atoms with Crippen molar-refractivity contribution in [2.45, 2.75) is 38.6 Å². The average Bonchev–Trinajstić information content (AvgIpc) is 3.50. The highest BCUT2D eigenvalue weighted by Gasteiger charge is 2.21. The molecule has 1 unspecified atom stereocenters. The number of fused-ring (bicyclic) bond motifs is 1. The van der Waals surface area contributed by atoms with Crippen LogP contribution in [0.1, 0.15) is 43.2 Å². The molecule has 3 N–H and O–H groups in total. The molecule has 4 heterocycles. The Kier molecular flexibility index (Phi) is 6.42. The number of ether oxygens (including phenoxy) is 1. The second-order valence-electron chi connectivity index (χ2n) is 9.92. The Morgan fingerprint density at radius 2 is 2.03 bits per heavy atom. The third-order valence-electron chi connectivity index (χ3n) is 6.01. The van der Waals surface area contributed by atoms with E-state index in [4.69, 9.17) is 4.74 Å². The molecule has 1 fully saturated rings. The van der Waals surface area contributed by atoms with E-state index in [0.29, 0.717) is 36.0 Å². The Bertz CT molecular complexity index is 1460. The molecule has 1 atom stereocenters. The molecule has 0 saturated carbocycles. The molecule has 1 aliphatic heterocycles. The second-order valence-corrected chi connectivity index (χ2v) is 9.92. The lowest BCUT2D eigenvalue weighted by atomic mass is 9.92. The molecule has 192 valence electrons. The highest BCUT2D eigenvalue weighted by molar-refractivity contribution is 6.04. The SMILES string of the molecule is Cn1nc(C(C)(C)C)cc1NC(=O)c1ccc(F)c(Nc2ncnc3cnc(NC4CCOC4)nc23)c1. The fraction of sp³-hybridized carbons (Fsp3) is 0.360. The Morgan fingerprint density at radius 3 is 2.76 bits per heavy atom. The third-order valence-corrected chi connectivity index (χ3v) is 6.01. The van der Waals surface area contributed by atoms with Crippen LogP contribution in [0, 0.1) is 5.82 Å². The molecule has 0 spiro atoms. The Balaban J connectivity index is 1.39. The lowest BCUT2D eigenvalue weighted by Crippen LogP contribution is -2.20. The van der Waals surface area contributed by atoms with Gasteiger partial charge in [0.1, 0.15) is 29.0 Å². The van der Waals surface area contributed by atoms with Gasteiger partial charge in [0.2, 0.25) is 5.95 Å². The Labute approximate surface area is 212 Å². The van der Waals surface area contributed by atoms with E-state index in [0.717, 1.165) is 12.1 Å². The minimum atomic E-state index is -0.547. The largest absolute Gasteiger partial charge is 0.379 e. The van der Waals surface area contributed by atoms with Gasteiger partial charge in [0.25, 0.3) is 5.91 Å². The first-order valence-electron chi connectivity index (χ1n) is 11.9. The minimum Gasteiger partial charge on any atom is -0.379 e. The fourth-order valence-electron chi connectivity index (χ4n) is 3.88. The number of halogens is 1. The number of benzene rings is 1. The van der Waals surface area contributed by atoms with Crippen molar-refractivity contribution >= 4 is 40.2 Å². The van der Waals surface area contributed by atoms with Crippen LogP contribution in [0.4, 0.5) is 27.7 Å². The molecule has 4 aromatic rings. The summed E-state index contributed by atoms with van der Waals surface area (Å²) < 4.78 is 21.8. The van der Waals surface area contributed by atoms with Crippen molar-refractivity contribution in [2.24, 2.45) is 7.05 Å². The van der Waals surface area contributed by atoms with Gasteiger partial charge in [-0.1, -0.05) is 20.8 Å². The Hall–Kier alpha value is -4.19. The van der Waals surface area contributed by atoms with Crippen molar-refractivity contribution in [1.29, 1.82) is 0 Å². The number of nitrogens with zero attached hydrogens (tertiary/aromatic N) is 6. The predicted molar refractivity (Wildman–Crippen MR) is 138 cm³/mol. The molecule has 12 heteroatoms. The van der Waals surface area contributed by atoms with Crippen molar-refractivity contribution < 1.29 is 13.9 Å². The lowest BCUT2D eigenvalue weighted by molar-refractivity contribution is 0.102. The van der Waals surface area contributed by atoms with Crippen molar-refractivity contribution in [3.63, 3.8) is 0 Å². The number of anilines is 4. The average molecular weight is 506 g/mol. The molecule has 11 nitrogen and oxygen atoms in total. The van der Waals surface area contributed by atoms with Crippen molar-refractivity contribution in [1.82, 2.24) is 29.7 Å². The zero-order valence-electron chi connectivity index (χ0n) is 21.0. The zero-order valence-corrected chi connectivity index (χ0v) is 21.0. The van der Waals surface area contributed by atoms with Crippen LogP contribution in [0.3, 0.4) is 0 Å². The lowest BCUT2D eigenvalue weighted by Gasteiger charge is -2.13. The molecule has 1 amide bonds. The number of amides is 1. The smallest absolute Gasteiger partial charge is 0.256 e. The summed E-state index contributed by atoms with van der Waals surface area (Å²) in [5.41, 5.74) is 1.92. The molecule has 1 aromatic carbocycles. The van der Waals surface area contributed by atoms with Gasteiger partial charge in [-0.25, -0.2) is 24.3 Å². The number of hydrogen-bond donors (Lipinski definition) is 3. The molecule has 5 rings (SSSR count). The van der Waals surface area contributed by atoms with Gasteiger partial charge in [-0.3, -0.25) is 9.48 Å². The summed E-state index contributed by atoms with van der Waals surface area (Å²) in [6, 6.07) is 6.02. The topological polar surface area (TPSA) is 132 Å². The number of aromatic nitrogens is 6. The van der Waals surface area contributed by atoms with Crippen LogP contribution in [0.15, 0.2) is 36.8 Å². The van der Waals surface area contributed by atoms with Crippen LogP contribution in [0.5, 0.6) is 0 Å². The number of aryl methyl sites for hydroxylation is 1. The molecule has 0 radical (unpaired) electrons. The van der Waals surface area contributed by atoms with E-state index in [2.05, 4.69) is 41.0 Å². The number of rotatable bonds is 6. The normalized spacial score (nSPS) is 15.6. The van der Waals surface area contributed by atoms with Gasteiger partial charge >= 0.3 is 0 Å².